The molecule has 1 aliphatic heterocycles. The predicted molar refractivity (Wildman–Crippen MR) is 111 cm³/mol. The Morgan fingerprint density at radius 1 is 1.14 bits per heavy atom. The largest absolute Gasteiger partial charge is 0.395 e. The minimum Gasteiger partial charge on any atom is -0.395 e. The van der Waals surface area contributed by atoms with Gasteiger partial charge in [0, 0.05) is 29.2 Å². The molecule has 2 aromatic carbocycles. The molecule has 1 saturated heterocycles. The molecule has 0 amide bonds. The Kier molecular flexibility index (Phi) is 5.45. The van der Waals surface area contributed by atoms with Crippen LogP contribution in [0.3, 0.4) is 0 Å². The topological polar surface area (TPSA) is 82.5 Å². The van der Waals surface area contributed by atoms with Gasteiger partial charge in [0.1, 0.15) is 0 Å². The first-order valence-electron chi connectivity index (χ1n) is 9.08. The van der Waals surface area contributed by atoms with E-state index in [1.165, 1.54) is 15.6 Å². The van der Waals surface area contributed by atoms with Gasteiger partial charge >= 0.3 is 0 Å². The molecule has 0 spiro atoms. The Bertz CT molecular complexity index is 1030. The van der Waals surface area contributed by atoms with E-state index >= 15 is 0 Å². The van der Waals surface area contributed by atoms with Crippen LogP contribution in [0.5, 0.6) is 0 Å². The fourth-order valence-corrected chi connectivity index (χ4v) is 5.77. The molecule has 146 valence electrons. The fourth-order valence-electron chi connectivity index (χ4n) is 3.35. The van der Waals surface area contributed by atoms with E-state index in [4.69, 9.17) is 0 Å². The third-order valence-electron chi connectivity index (χ3n) is 4.82. The van der Waals surface area contributed by atoms with E-state index < -0.39 is 10.0 Å². The highest BCUT2D eigenvalue weighted by Crippen LogP contribution is 2.29. The fraction of sp³-hybridized carbons (Fsp3) is 0.250. The first-order valence-corrected chi connectivity index (χ1v) is 11.4. The molecule has 1 fully saturated rings. The van der Waals surface area contributed by atoms with Crippen LogP contribution in [0.2, 0.25) is 0 Å². The number of thiazole rings is 1. The second kappa shape index (κ2) is 8.00. The first kappa shape index (κ1) is 19.1. The number of aliphatic hydroxyl groups excluding tert-OH is 1. The van der Waals surface area contributed by atoms with E-state index in [0.29, 0.717) is 13.0 Å². The highest BCUT2D eigenvalue weighted by atomic mass is 32.2. The van der Waals surface area contributed by atoms with Crippen molar-refractivity contribution < 1.29 is 13.5 Å². The Morgan fingerprint density at radius 2 is 1.89 bits per heavy atom. The van der Waals surface area contributed by atoms with Gasteiger partial charge in [-0.25, -0.2) is 13.4 Å². The molecule has 2 heterocycles. The van der Waals surface area contributed by atoms with E-state index in [1.807, 2.05) is 35.7 Å². The van der Waals surface area contributed by atoms with Gasteiger partial charge in [0.2, 0.25) is 10.0 Å². The van der Waals surface area contributed by atoms with Gasteiger partial charge in [-0.2, -0.15) is 4.31 Å². The minimum absolute atomic E-state index is 0.146. The maximum Gasteiger partial charge on any atom is 0.243 e. The van der Waals surface area contributed by atoms with Gasteiger partial charge in [0.25, 0.3) is 0 Å². The lowest BCUT2D eigenvalue weighted by molar-refractivity contribution is 0.213. The molecule has 0 aliphatic carbocycles. The van der Waals surface area contributed by atoms with Crippen molar-refractivity contribution in [2.75, 3.05) is 18.5 Å². The van der Waals surface area contributed by atoms with E-state index in [-0.39, 0.29) is 17.5 Å². The number of aliphatic hydroxyl groups is 1. The summed E-state index contributed by atoms with van der Waals surface area (Å²) in [7, 11) is -3.59. The SMILES string of the molecule is O=S(=O)(c1ccc(Nc2nc(-c3ccccc3)cs2)cc1)N1CCCC1CO. The summed E-state index contributed by atoms with van der Waals surface area (Å²) in [5.74, 6) is 0. The van der Waals surface area contributed by atoms with Crippen molar-refractivity contribution in [1.82, 2.24) is 9.29 Å². The second-order valence-corrected chi connectivity index (χ2v) is 9.40. The normalized spacial score (nSPS) is 17.7. The summed E-state index contributed by atoms with van der Waals surface area (Å²) in [4.78, 5) is 4.82. The predicted octanol–water partition coefficient (Wildman–Crippen LogP) is 3.70. The number of nitrogens with one attached hydrogen (secondary N) is 1. The van der Waals surface area contributed by atoms with Gasteiger partial charge in [0.05, 0.1) is 17.2 Å². The van der Waals surface area contributed by atoms with Gasteiger partial charge in [-0.1, -0.05) is 30.3 Å². The molecule has 1 atom stereocenters. The number of benzene rings is 2. The Morgan fingerprint density at radius 3 is 2.61 bits per heavy atom. The summed E-state index contributed by atoms with van der Waals surface area (Å²) in [5.41, 5.74) is 2.72. The van der Waals surface area contributed by atoms with Gasteiger partial charge in [0.15, 0.2) is 5.13 Å². The van der Waals surface area contributed by atoms with E-state index in [1.54, 1.807) is 24.3 Å². The van der Waals surface area contributed by atoms with Crippen molar-refractivity contribution in [2.45, 2.75) is 23.8 Å². The summed E-state index contributed by atoms with van der Waals surface area (Å²) < 4.78 is 27.0. The van der Waals surface area contributed by atoms with Crippen LogP contribution in [0.4, 0.5) is 10.8 Å². The maximum absolute atomic E-state index is 12.8. The molecular weight excluding hydrogens is 394 g/mol. The molecule has 0 bridgehead atoms. The molecule has 1 unspecified atom stereocenters. The Labute approximate surface area is 168 Å². The maximum atomic E-state index is 12.8. The third-order valence-corrected chi connectivity index (χ3v) is 7.54. The number of rotatable bonds is 6. The molecule has 6 nitrogen and oxygen atoms in total. The average molecular weight is 416 g/mol. The van der Waals surface area contributed by atoms with Crippen LogP contribution >= 0.6 is 11.3 Å². The molecule has 28 heavy (non-hydrogen) atoms. The minimum atomic E-state index is -3.59. The molecule has 4 rings (SSSR count). The van der Waals surface area contributed by atoms with Crippen molar-refractivity contribution in [3.8, 4) is 11.3 Å². The van der Waals surface area contributed by atoms with Gasteiger partial charge in [-0.05, 0) is 37.1 Å². The third kappa shape index (κ3) is 3.81. The van der Waals surface area contributed by atoms with Crippen molar-refractivity contribution >= 4 is 32.2 Å². The monoisotopic (exact) mass is 415 g/mol. The molecule has 0 radical (unpaired) electrons. The summed E-state index contributed by atoms with van der Waals surface area (Å²) >= 11 is 1.50. The number of hydrogen-bond acceptors (Lipinski definition) is 6. The Hall–Kier alpha value is -2.26. The van der Waals surface area contributed by atoms with Gasteiger partial charge in [-0.15, -0.1) is 11.3 Å². The van der Waals surface area contributed by atoms with E-state index in [0.717, 1.165) is 28.5 Å². The summed E-state index contributed by atoms with van der Waals surface area (Å²) in [6.45, 7) is 0.307. The van der Waals surface area contributed by atoms with Crippen LogP contribution in [0.1, 0.15) is 12.8 Å². The van der Waals surface area contributed by atoms with E-state index in [2.05, 4.69) is 10.3 Å². The summed E-state index contributed by atoms with van der Waals surface area (Å²) in [5, 5.41) is 15.4. The molecule has 1 aromatic heterocycles. The van der Waals surface area contributed by atoms with Crippen molar-refractivity contribution in [3.63, 3.8) is 0 Å². The van der Waals surface area contributed by atoms with Crippen LogP contribution < -0.4 is 5.32 Å². The highest BCUT2D eigenvalue weighted by molar-refractivity contribution is 7.89. The molecular formula is C20H21N3O3S2. The molecule has 8 heteroatoms. The lowest BCUT2D eigenvalue weighted by atomic mass is 10.2. The molecule has 1 aliphatic rings. The number of aromatic nitrogens is 1. The van der Waals surface area contributed by atoms with Crippen molar-refractivity contribution in [1.29, 1.82) is 0 Å². The molecule has 2 N–H and O–H groups in total. The summed E-state index contributed by atoms with van der Waals surface area (Å²) in [6.07, 6.45) is 1.47. The highest BCUT2D eigenvalue weighted by Gasteiger charge is 2.34. The smallest absolute Gasteiger partial charge is 0.243 e. The zero-order valence-corrected chi connectivity index (χ0v) is 16.8. The first-order chi connectivity index (χ1) is 13.6. The van der Waals surface area contributed by atoms with E-state index in [9.17, 15) is 13.5 Å². The number of anilines is 2. The van der Waals surface area contributed by atoms with Crippen molar-refractivity contribution in [3.05, 3.63) is 60.0 Å². The zero-order valence-electron chi connectivity index (χ0n) is 15.2. The summed E-state index contributed by atoms with van der Waals surface area (Å²) in [6, 6.07) is 16.3. The lowest BCUT2D eigenvalue weighted by Gasteiger charge is -2.22. The number of hydrogen-bond donors (Lipinski definition) is 2. The molecule has 3 aromatic rings. The van der Waals surface area contributed by atoms with Crippen LogP contribution in [0, 0.1) is 0 Å². The quantitative estimate of drug-likeness (QED) is 0.641. The van der Waals surface area contributed by atoms with Crippen LogP contribution in [0.25, 0.3) is 11.3 Å². The van der Waals surface area contributed by atoms with Crippen LogP contribution in [0.15, 0.2) is 64.9 Å². The zero-order chi connectivity index (χ0) is 19.6. The number of sulfonamides is 1. The van der Waals surface area contributed by atoms with Gasteiger partial charge in [-0.3, -0.25) is 0 Å². The van der Waals surface area contributed by atoms with Crippen molar-refractivity contribution in [2.24, 2.45) is 0 Å². The van der Waals surface area contributed by atoms with Gasteiger partial charge < -0.3 is 10.4 Å². The number of nitrogens with zero attached hydrogens (tertiary/aromatic N) is 2. The van der Waals surface area contributed by atoms with Crippen LogP contribution in [-0.4, -0.2) is 42.0 Å². The lowest BCUT2D eigenvalue weighted by Crippen LogP contribution is -2.37. The molecule has 0 saturated carbocycles. The average Bonchev–Trinajstić information content (AvgIpc) is 3.39. The van der Waals surface area contributed by atoms with Crippen LogP contribution in [-0.2, 0) is 10.0 Å². The second-order valence-electron chi connectivity index (χ2n) is 6.65. The Balaban J connectivity index is 1.49. The standard InChI is InChI=1S/C20H21N3O3S2/c24-13-17-7-4-12-23(17)28(25,26)18-10-8-16(9-11-18)21-20-22-19(14-27-20)15-5-2-1-3-6-15/h1-3,5-6,8-11,14,17,24H,4,7,12-13H2,(H,21,22).